The Labute approximate surface area is 104 Å². The van der Waals surface area contributed by atoms with E-state index >= 15 is 0 Å². The number of halogens is 1. The summed E-state index contributed by atoms with van der Waals surface area (Å²) >= 11 is 7.20. The largest absolute Gasteiger partial charge is 0.337 e. The lowest BCUT2D eigenvalue weighted by Crippen LogP contribution is -2.38. The number of carbonyl (C=O) groups excluding carboxylic acids is 1. The summed E-state index contributed by atoms with van der Waals surface area (Å²) in [6.07, 6.45) is 1.64. The minimum absolute atomic E-state index is 0.0842. The number of thiazole rings is 1. The van der Waals surface area contributed by atoms with E-state index in [4.69, 9.17) is 11.6 Å². The summed E-state index contributed by atoms with van der Waals surface area (Å²) in [4.78, 5) is 16.7. The van der Waals surface area contributed by atoms with Gasteiger partial charge in [0.15, 0.2) is 0 Å². The number of nitrogens with one attached hydrogen (secondary N) is 2. The first-order valence-corrected chi connectivity index (χ1v) is 6.05. The fourth-order valence-corrected chi connectivity index (χ4v) is 1.91. The fraction of sp³-hybridized carbons (Fsp3) is 0.556. The van der Waals surface area contributed by atoms with Crippen molar-refractivity contribution in [2.45, 2.75) is 6.54 Å². The van der Waals surface area contributed by atoms with Crippen molar-refractivity contribution in [2.75, 3.05) is 27.2 Å². The molecule has 0 radical (unpaired) electrons. The number of aromatic nitrogens is 1. The maximum atomic E-state index is 11.1. The van der Waals surface area contributed by atoms with Gasteiger partial charge in [-0.3, -0.25) is 0 Å². The number of urea groups is 1. The quantitative estimate of drug-likeness (QED) is 0.783. The van der Waals surface area contributed by atoms with E-state index in [0.29, 0.717) is 24.0 Å². The van der Waals surface area contributed by atoms with E-state index < -0.39 is 0 Å². The molecule has 0 saturated heterocycles. The summed E-state index contributed by atoms with van der Waals surface area (Å²) in [5, 5.41) is 6.87. The van der Waals surface area contributed by atoms with Crippen molar-refractivity contribution in [1.29, 1.82) is 0 Å². The zero-order valence-corrected chi connectivity index (χ0v) is 10.9. The normalized spacial score (nSPS) is 10.2. The molecular weight excluding hydrogens is 248 g/mol. The second-order valence-electron chi connectivity index (χ2n) is 3.36. The maximum absolute atomic E-state index is 11.1. The van der Waals surface area contributed by atoms with Crippen LogP contribution in [0.5, 0.6) is 0 Å². The second-order valence-corrected chi connectivity index (χ2v) is 5.11. The van der Waals surface area contributed by atoms with Gasteiger partial charge < -0.3 is 15.5 Å². The highest BCUT2D eigenvalue weighted by Crippen LogP contribution is 2.17. The molecule has 0 unspecified atom stereocenters. The molecule has 0 spiro atoms. The van der Waals surface area contributed by atoms with Gasteiger partial charge in [-0.05, 0) is 0 Å². The predicted molar refractivity (Wildman–Crippen MR) is 65.9 cm³/mol. The molecule has 90 valence electrons. The lowest BCUT2D eigenvalue weighted by atomic mass is 10.5. The van der Waals surface area contributed by atoms with Crippen LogP contribution in [0.3, 0.4) is 0 Å². The molecule has 1 aromatic rings. The molecule has 2 N–H and O–H groups in total. The van der Waals surface area contributed by atoms with Crippen molar-refractivity contribution in [3.05, 3.63) is 15.5 Å². The molecule has 1 heterocycles. The summed E-state index contributed by atoms with van der Waals surface area (Å²) < 4.78 is 0.692. The molecule has 0 saturated carbocycles. The van der Waals surface area contributed by atoms with Crippen LogP contribution >= 0.6 is 22.9 Å². The first-order chi connectivity index (χ1) is 7.59. The zero-order valence-electron chi connectivity index (χ0n) is 9.29. The molecular formula is C9H15ClN4OS. The van der Waals surface area contributed by atoms with Crippen LogP contribution in [0.25, 0.3) is 0 Å². The summed E-state index contributed by atoms with van der Waals surface area (Å²) in [6, 6.07) is -0.0842. The van der Waals surface area contributed by atoms with Crippen molar-refractivity contribution in [3.63, 3.8) is 0 Å². The summed E-state index contributed by atoms with van der Waals surface area (Å²) in [5.74, 6) is 0. The van der Waals surface area contributed by atoms with Gasteiger partial charge >= 0.3 is 6.03 Å². The number of carbonyl (C=O) groups is 1. The minimum Gasteiger partial charge on any atom is -0.337 e. The highest BCUT2D eigenvalue weighted by molar-refractivity contribution is 7.15. The Hall–Kier alpha value is -0.850. The van der Waals surface area contributed by atoms with Gasteiger partial charge in [0.1, 0.15) is 9.34 Å². The second kappa shape index (κ2) is 6.67. The van der Waals surface area contributed by atoms with Gasteiger partial charge in [-0.2, -0.15) is 0 Å². The van der Waals surface area contributed by atoms with Gasteiger partial charge in [-0.25, -0.2) is 9.78 Å². The maximum Gasteiger partial charge on any atom is 0.316 e. The SMILES string of the molecule is CN(C)C(=O)NCCNCc1ncc(Cl)s1. The summed E-state index contributed by atoms with van der Waals surface area (Å²) in [5.41, 5.74) is 0. The average molecular weight is 263 g/mol. The molecule has 0 aliphatic carbocycles. The van der Waals surface area contributed by atoms with E-state index in [-0.39, 0.29) is 6.03 Å². The molecule has 0 atom stereocenters. The van der Waals surface area contributed by atoms with Crippen LogP contribution in [-0.2, 0) is 6.54 Å². The van der Waals surface area contributed by atoms with Gasteiger partial charge in [0.2, 0.25) is 0 Å². The highest BCUT2D eigenvalue weighted by atomic mass is 35.5. The van der Waals surface area contributed by atoms with Crippen molar-refractivity contribution < 1.29 is 4.79 Å². The lowest BCUT2D eigenvalue weighted by molar-refractivity contribution is 0.217. The van der Waals surface area contributed by atoms with Crippen LogP contribution in [-0.4, -0.2) is 43.1 Å². The Morgan fingerprint density at radius 3 is 2.88 bits per heavy atom. The number of rotatable bonds is 5. The first kappa shape index (κ1) is 13.2. The Balaban J connectivity index is 2.06. The number of amides is 2. The molecule has 5 nitrogen and oxygen atoms in total. The van der Waals surface area contributed by atoms with Gasteiger partial charge in [0.25, 0.3) is 0 Å². The fourth-order valence-electron chi connectivity index (χ4n) is 0.981. The van der Waals surface area contributed by atoms with Crippen LogP contribution < -0.4 is 10.6 Å². The summed E-state index contributed by atoms with van der Waals surface area (Å²) in [7, 11) is 3.42. The van der Waals surface area contributed by atoms with E-state index in [1.807, 2.05) is 0 Å². The van der Waals surface area contributed by atoms with Crippen molar-refractivity contribution in [3.8, 4) is 0 Å². The Bertz CT molecular complexity index is 342. The Morgan fingerprint density at radius 2 is 2.31 bits per heavy atom. The smallest absolute Gasteiger partial charge is 0.316 e. The summed E-state index contributed by atoms with van der Waals surface area (Å²) in [6.45, 7) is 1.97. The van der Waals surface area contributed by atoms with Gasteiger partial charge in [0, 0.05) is 33.7 Å². The predicted octanol–water partition coefficient (Wildman–Crippen LogP) is 1.16. The monoisotopic (exact) mass is 262 g/mol. The molecule has 16 heavy (non-hydrogen) atoms. The third kappa shape index (κ3) is 4.78. The molecule has 2 amide bonds. The third-order valence-corrected chi connectivity index (χ3v) is 2.90. The van der Waals surface area contributed by atoms with Crippen LogP contribution in [0.2, 0.25) is 4.34 Å². The highest BCUT2D eigenvalue weighted by Gasteiger charge is 2.01. The van der Waals surface area contributed by atoms with Crippen molar-refractivity contribution in [2.24, 2.45) is 0 Å². The van der Waals surface area contributed by atoms with Crippen LogP contribution in [0, 0.1) is 0 Å². The van der Waals surface area contributed by atoms with Crippen molar-refractivity contribution in [1.82, 2.24) is 20.5 Å². The van der Waals surface area contributed by atoms with Gasteiger partial charge in [-0.15, -0.1) is 11.3 Å². The molecule has 7 heteroatoms. The van der Waals surface area contributed by atoms with Gasteiger partial charge in [-0.1, -0.05) is 11.6 Å². The van der Waals surface area contributed by atoms with Crippen molar-refractivity contribution >= 4 is 29.0 Å². The Morgan fingerprint density at radius 1 is 1.56 bits per heavy atom. The van der Waals surface area contributed by atoms with Crippen LogP contribution in [0.15, 0.2) is 6.20 Å². The van der Waals surface area contributed by atoms with Gasteiger partial charge in [0.05, 0.1) is 6.20 Å². The van der Waals surface area contributed by atoms with E-state index in [2.05, 4.69) is 15.6 Å². The van der Waals surface area contributed by atoms with E-state index in [1.54, 1.807) is 20.3 Å². The molecule has 1 aromatic heterocycles. The first-order valence-electron chi connectivity index (χ1n) is 4.85. The molecule has 0 aliphatic heterocycles. The number of hydrogen-bond donors (Lipinski definition) is 2. The standard InChI is InChI=1S/C9H15ClN4OS/c1-14(2)9(15)12-4-3-11-6-8-13-5-7(10)16-8/h5,11H,3-4,6H2,1-2H3,(H,12,15). The topological polar surface area (TPSA) is 57.3 Å². The zero-order chi connectivity index (χ0) is 12.0. The molecule has 1 rings (SSSR count). The minimum atomic E-state index is -0.0842. The molecule has 0 fully saturated rings. The number of nitrogens with zero attached hydrogens (tertiary/aromatic N) is 2. The third-order valence-electron chi connectivity index (χ3n) is 1.79. The number of hydrogen-bond acceptors (Lipinski definition) is 4. The molecule has 0 bridgehead atoms. The average Bonchev–Trinajstić information content (AvgIpc) is 2.63. The Kier molecular flexibility index (Phi) is 5.51. The van der Waals surface area contributed by atoms with Crippen LogP contribution in [0.4, 0.5) is 4.79 Å². The molecule has 0 aliphatic rings. The van der Waals surface area contributed by atoms with E-state index in [1.165, 1.54) is 16.2 Å². The van der Waals surface area contributed by atoms with Crippen LogP contribution in [0.1, 0.15) is 5.01 Å². The van der Waals surface area contributed by atoms with E-state index in [0.717, 1.165) is 5.01 Å². The lowest BCUT2D eigenvalue weighted by Gasteiger charge is -2.11. The molecule has 0 aromatic carbocycles. The van der Waals surface area contributed by atoms with E-state index in [9.17, 15) is 4.79 Å².